The Balaban J connectivity index is 0.00000312. The zero-order valence-electron chi connectivity index (χ0n) is 14.1. The van der Waals surface area contributed by atoms with Crippen molar-refractivity contribution >= 4 is 28.2 Å². The van der Waals surface area contributed by atoms with E-state index in [1.165, 1.54) is 0 Å². The van der Waals surface area contributed by atoms with E-state index < -0.39 is 9.84 Å². The van der Waals surface area contributed by atoms with E-state index in [0.717, 1.165) is 6.54 Å². The van der Waals surface area contributed by atoms with Crippen molar-refractivity contribution in [1.29, 1.82) is 0 Å². The third-order valence-electron chi connectivity index (χ3n) is 3.49. The maximum Gasteiger partial charge on any atom is 0.251 e. The molecule has 25 heavy (non-hydrogen) atoms. The molecule has 0 radical (unpaired) electrons. The van der Waals surface area contributed by atoms with Gasteiger partial charge < -0.3 is 10.6 Å². The molecule has 0 aromatic heterocycles. The van der Waals surface area contributed by atoms with Gasteiger partial charge in [-0.2, -0.15) is 0 Å². The Morgan fingerprint density at radius 3 is 2.40 bits per heavy atom. The van der Waals surface area contributed by atoms with Crippen molar-refractivity contribution in [3.63, 3.8) is 0 Å². The summed E-state index contributed by atoms with van der Waals surface area (Å²) in [7, 11) is -3.42. The lowest BCUT2D eigenvalue weighted by molar-refractivity contribution is 0.0954. The Morgan fingerprint density at radius 1 is 1.00 bits per heavy atom. The van der Waals surface area contributed by atoms with Crippen LogP contribution < -0.4 is 10.6 Å². The Bertz CT molecular complexity index is 780. The van der Waals surface area contributed by atoms with Crippen LogP contribution in [-0.2, 0) is 15.6 Å². The third kappa shape index (κ3) is 6.49. The third-order valence-corrected chi connectivity index (χ3v) is 5.19. The van der Waals surface area contributed by atoms with Gasteiger partial charge in [0.15, 0.2) is 9.84 Å². The summed E-state index contributed by atoms with van der Waals surface area (Å²) in [4.78, 5) is 12.4. The van der Waals surface area contributed by atoms with Gasteiger partial charge in [-0.05, 0) is 36.4 Å². The predicted molar refractivity (Wildman–Crippen MR) is 102 cm³/mol. The Labute approximate surface area is 155 Å². The number of carbonyl (C=O) groups excluding carboxylic acids is 1. The molecule has 0 atom stereocenters. The van der Waals surface area contributed by atoms with Gasteiger partial charge in [0.1, 0.15) is 0 Å². The average Bonchev–Trinajstić information content (AvgIpc) is 2.59. The number of hydrogen-bond acceptors (Lipinski definition) is 4. The summed E-state index contributed by atoms with van der Waals surface area (Å²) < 4.78 is 24.8. The van der Waals surface area contributed by atoms with Gasteiger partial charge in [0, 0.05) is 18.7 Å². The van der Waals surface area contributed by atoms with Crippen LogP contribution in [0.3, 0.4) is 0 Å². The van der Waals surface area contributed by atoms with Crippen LogP contribution in [0.25, 0.3) is 0 Å². The van der Waals surface area contributed by atoms with E-state index >= 15 is 0 Å². The highest BCUT2D eigenvalue weighted by atomic mass is 35.5. The molecule has 2 aromatic carbocycles. The molecule has 0 unspecified atom stereocenters. The van der Waals surface area contributed by atoms with Gasteiger partial charge >= 0.3 is 0 Å². The van der Waals surface area contributed by atoms with Crippen LogP contribution in [0.4, 0.5) is 0 Å². The fraction of sp³-hybridized carbons (Fsp3) is 0.278. The quantitative estimate of drug-likeness (QED) is 0.687. The monoisotopic (exact) mass is 382 g/mol. The minimum Gasteiger partial charge on any atom is -0.351 e. The first-order chi connectivity index (χ1) is 11.5. The maximum atomic E-state index is 12.4. The largest absolute Gasteiger partial charge is 0.351 e. The average molecular weight is 383 g/mol. The fourth-order valence-electron chi connectivity index (χ4n) is 2.28. The molecule has 2 N–H and O–H groups in total. The number of amides is 1. The first kappa shape index (κ1) is 21.2. The zero-order chi connectivity index (χ0) is 17.4. The summed E-state index contributed by atoms with van der Waals surface area (Å²) >= 11 is 0. The van der Waals surface area contributed by atoms with Gasteiger partial charge in [-0.15, -0.1) is 12.4 Å². The molecular formula is C18H23ClN2O3S. The number of hydrogen-bond donors (Lipinski definition) is 2. The summed E-state index contributed by atoms with van der Waals surface area (Å²) in [5.74, 6) is -0.331. The van der Waals surface area contributed by atoms with Crippen LogP contribution in [0.5, 0.6) is 0 Å². The van der Waals surface area contributed by atoms with Crippen molar-refractivity contribution in [2.45, 2.75) is 17.6 Å². The second-order valence-electron chi connectivity index (χ2n) is 5.38. The second kappa shape index (κ2) is 10.2. The summed E-state index contributed by atoms with van der Waals surface area (Å²) in [5, 5.41) is 5.93. The zero-order valence-corrected chi connectivity index (χ0v) is 15.7. The lowest BCUT2D eigenvalue weighted by atomic mass is 10.1. The molecule has 0 aliphatic carbocycles. The minimum atomic E-state index is -3.42. The molecule has 0 fully saturated rings. The van der Waals surface area contributed by atoms with Crippen molar-refractivity contribution in [3.8, 4) is 0 Å². The predicted octanol–water partition coefficient (Wildman–Crippen LogP) is 2.42. The number of nitrogens with one attached hydrogen (secondary N) is 2. The molecule has 1 amide bonds. The summed E-state index contributed by atoms with van der Waals surface area (Å²) in [6.07, 6.45) is 0. The molecule has 7 heteroatoms. The maximum absolute atomic E-state index is 12.4. The number of carbonyl (C=O) groups is 1. The fourth-order valence-corrected chi connectivity index (χ4v) is 3.63. The first-order valence-corrected chi connectivity index (χ1v) is 9.54. The van der Waals surface area contributed by atoms with Crippen molar-refractivity contribution in [1.82, 2.24) is 10.6 Å². The lowest BCUT2D eigenvalue weighted by Gasteiger charge is -2.08. The Hall–Kier alpha value is -1.89. The van der Waals surface area contributed by atoms with Crippen molar-refractivity contribution in [3.05, 3.63) is 65.7 Å². The highest BCUT2D eigenvalue weighted by Crippen LogP contribution is 2.17. The van der Waals surface area contributed by atoms with Gasteiger partial charge in [-0.1, -0.05) is 37.3 Å². The van der Waals surface area contributed by atoms with E-state index in [-0.39, 0.29) is 29.0 Å². The topological polar surface area (TPSA) is 75.3 Å². The minimum absolute atomic E-state index is 0. The van der Waals surface area contributed by atoms with Crippen molar-refractivity contribution in [2.24, 2.45) is 0 Å². The van der Waals surface area contributed by atoms with Crippen molar-refractivity contribution < 1.29 is 13.2 Å². The molecule has 0 heterocycles. The van der Waals surface area contributed by atoms with Crippen LogP contribution >= 0.6 is 12.4 Å². The Morgan fingerprint density at radius 2 is 1.72 bits per heavy atom. The normalized spacial score (nSPS) is 10.8. The molecular weight excluding hydrogens is 360 g/mol. The molecule has 0 bridgehead atoms. The number of sulfone groups is 1. The van der Waals surface area contributed by atoms with Gasteiger partial charge in [0.25, 0.3) is 5.91 Å². The van der Waals surface area contributed by atoms with Crippen molar-refractivity contribution in [2.75, 3.05) is 19.6 Å². The van der Waals surface area contributed by atoms with E-state index in [1.807, 2.05) is 6.92 Å². The summed E-state index contributed by atoms with van der Waals surface area (Å²) in [6, 6.07) is 15.0. The van der Waals surface area contributed by atoms with Crippen LogP contribution in [0.1, 0.15) is 22.8 Å². The Kier molecular flexibility index (Phi) is 8.61. The molecule has 2 aromatic rings. The first-order valence-electron chi connectivity index (χ1n) is 7.88. The van der Waals surface area contributed by atoms with Gasteiger partial charge in [0.2, 0.25) is 0 Å². The van der Waals surface area contributed by atoms with E-state index in [0.29, 0.717) is 24.2 Å². The molecule has 0 aliphatic rings. The number of benzene rings is 2. The van der Waals surface area contributed by atoms with Crippen LogP contribution in [0.2, 0.25) is 0 Å². The molecule has 0 saturated heterocycles. The smallest absolute Gasteiger partial charge is 0.251 e. The summed E-state index contributed by atoms with van der Waals surface area (Å²) in [5.41, 5.74) is 1.06. The lowest BCUT2D eigenvalue weighted by Crippen LogP contribution is -2.31. The highest BCUT2D eigenvalue weighted by Gasteiger charge is 2.15. The van der Waals surface area contributed by atoms with Gasteiger partial charge in [-0.25, -0.2) is 8.42 Å². The number of rotatable bonds is 8. The molecule has 0 saturated carbocycles. The summed E-state index contributed by atoms with van der Waals surface area (Å²) in [6.45, 7) is 4.07. The van der Waals surface area contributed by atoms with E-state index in [2.05, 4.69) is 10.6 Å². The second-order valence-corrected chi connectivity index (χ2v) is 7.37. The van der Waals surface area contributed by atoms with Crippen LogP contribution in [0.15, 0.2) is 59.5 Å². The van der Waals surface area contributed by atoms with Gasteiger partial charge in [0.05, 0.1) is 10.6 Å². The van der Waals surface area contributed by atoms with Gasteiger partial charge in [-0.3, -0.25) is 4.79 Å². The van der Waals surface area contributed by atoms with Crippen LogP contribution in [0, 0.1) is 0 Å². The van der Waals surface area contributed by atoms with E-state index in [9.17, 15) is 13.2 Å². The molecule has 2 rings (SSSR count). The number of halogens is 1. The molecule has 0 aliphatic heterocycles. The standard InChI is InChI=1S/C18H22N2O3S.ClH/c1-2-19-11-12-20-18(21)16-8-6-7-15(13-16)14-24(22,23)17-9-4-3-5-10-17;/h3-10,13,19H,2,11-12,14H2,1H3,(H,20,21);1H. The molecule has 5 nitrogen and oxygen atoms in total. The molecule has 136 valence electrons. The van der Waals surface area contributed by atoms with E-state index in [1.54, 1.807) is 54.6 Å². The highest BCUT2D eigenvalue weighted by molar-refractivity contribution is 7.90. The van der Waals surface area contributed by atoms with E-state index in [4.69, 9.17) is 0 Å². The number of likely N-dealkylation sites (N-methyl/N-ethyl adjacent to an activating group) is 1. The van der Waals surface area contributed by atoms with Crippen LogP contribution in [-0.4, -0.2) is 34.0 Å². The SMILES string of the molecule is CCNCCNC(=O)c1cccc(CS(=O)(=O)c2ccccc2)c1.Cl. The molecule has 0 spiro atoms.